The van der Waals surface area contributed by atoms with Crippen molar-refractivity contribution in [3.05, 3.63) is 32.5 Å². The molecule has 1 rings (SSSR count). The number of allylic oxidation sites excluding steroid dienone is 3. The standard InChI is InChI=1S/C8H12N2O4S/c1-5-3-6(9-2)7(10(11)12)4-8(5)15(13)14/h4-5,9H,3H2,1-2H3,(H,13,14)/p-1. The van der Waals surface area contributed by atoms with Gasteiger partial charge in [-0.05, 0) is 17.0 Å². The van der Waals surface area contributed by atoms with Crippen LogP contribution >= 0.6 is 0 Å². The van der Waals surface area contributed by atoms with E-state index < -0.39 is 16.0 Å². The smallest absolute Gasteiger partial charge is 0.288 e. The summed E-state index contributed by atoms with van der Waals surface area (Å²) >= 11 is -2.39. The minimum atomic E-state index is -2.39. The molecule has 1 aliphatic carbocycles. The number of nitrogens with zero attached hydrogens (tertiary/aromatic N) is 1. The zero-order valence-corrected chi connectivity index (χ0v) is 9.17. The van der Waals surface area contributed by atoms with Crippen LogP contribution in [-0.4, -0.2) is 20.7 Å². The molecule has 0 fully saturated rings. The number of nitro groups is 1. The van der Waals surface area contributed by atoms with Gasteiger partial charge in [-0.1, -0.05) is 6.92 Å². The summed E-state index contributed by atoms with van der Waals surface area (Å²) in [5.74, 6) is -0.227. The van der Waals surface area contributed by atoms with Crippen LogP contribution in [0, 0.1) is 16.0 Å². The normalized spacial score (nSPS) is 23.4. The van der Waals surface area contributed by atoms with E-state index in [1.165, 1.54) is 0 Å². The van der Waals surface area contributed by atoms with E-state index in [2.05, 4.69) is 5.32 Å². The maximum absolute atomic E-state index is 10.8. The van der Waals surface area contributed by atoms with Crippen LogP contribution in [0.15, 0.2) is 22.4 Å². The van der Waals surface area contributed by atoms with Gasteiger partial charge in [0.25, 0.3) is 5.70 Å². The van der Waals surface area contributed by atoms with Crippen LogP contribution in [0.5, 0.6) is 0 Å². The molecule has 0 aromatic rings. The first-order valence-corrected chi connectivity index (χ1v) is 5.41. The Balaban J connectivity index is 3.19. The van der Waals surface area contributed by atoms with Gasteiger partial charge in [0.05, 0.1) is 10.6 Å². The molecule has 0 radical (unpaired) electrons. The molecule has 7 heteroatoms. The summed E-state index contributed by atoms with van der Waals surface area (Å²) in [5, 5.41) is 13.4. The third kappa shape index (κ3) is 2.42. The van der Waals surface area contributed by atoms with Gasteiger partial charge < -0.3 is 9.87 Å². The second-order valence-corrected chi connectivity index (χ2v) is 4.20. The zero-order chi connectivity index (χ0) is 11.6. The van der Waals surface area contributed by atoms with Gasteiger partial charge in [0, 0.05) is 24.4 Å². The van der Waals surface area contributed by atoms with Crippen molar-refractivity contribution in [1.82, 2.24) is 5.32 Å². The first kappa shape index (κ1) is 11.9. The zero-order valence-electron chi connectivity index (χ0n) is 8.35. The Morgan fingerprint density at radius 1 is 1.67 bits per heavy atom. The van der Waals surface area contributed by atoms with Crippen LogP contribution in [0.2, 0.25) is 0 Å². The molecular formula is C8H11N2O4S-. The quantitative estimate of drug-likeness (QED) is 0.433. The average molecular weight is 231 g/mol. The van der Waals surface area contributed by atoms with E-state index >= 15 is 0 Å². The number of rotatable bonds is 3. The molecule has 2 atom stereocenters. The van der Waals surface area contributed by atoms with Crippen LogP contribution in [0.4, 0.5) is 0 Å². The van der Waals surface area contributed by atoms with E-state index in [9.17, 15) is 18.9 Å². The lowest BCUT2D eigenvalue weighted by atomic mass is 9.98. The van der Waals surface area contributed by atoms with Crippen molar-refractivity contribution in [3.8, 4) is 0 Å². The molecule has 2 unspecified atom stereocenters. The van der Waals surface area contributed by atoms with Gasteiger partial charge in [-0.2, -0.15) is 0 Å². The SMILES string of the molecule is CNC1=C([N+](=O)[O-])C=C(S(=O)[O-])C(C)C1. The summed E-state index contributed by atoms with van der Waals surface area (Å²) in [7, 11) is 1.58. The Bertz CT molecular complexity index is 375. The van der Waals surface area contributed by atoms with Crippen LogP contribution in [-0.2, 0) is 11.1 Å². The summed E-state index contributed by atoms with van der Waals surface area (Å²) in [6.45, 7) is 1.72. The van der Waals surface area contributed by atoms with Crippen molar-refractivity contribution in [1.29, 1.82) is 0 Å². The molecule has 0 spiro atoms. The molecule has 0 amide bonds. The fourth-order valence-electron chi connectivity index (χ4n) is 1.48. The van der Waals surface area contributed by atoms with Crippen molar-refractivity contribution in [3.63, 3.8) is 0 Å². The molecule has 0 saturated heterocycles. The first-order valence-electron chi connectivity index (χ1n) is 4.33. The first-order chi connectivity index (χ1) is 6.97. The molecule has 0 bridgehead atoms. The molecule has 0 aromatic heterocycles. The van der Waals surface area contributed by atoms with Crippen molar-refractivity contribution >= 4 is 11.1 Å². The second-order valence-electron chi connectivity index (χ2n) is 3.26. The van der Waals surface area contributed by atoms with E-state index in [1.54, 1.807) is 14.0 Å². The molecule has 0 saturated carbocycles. The lowest BCUT2D eigenvalue weighted by Gasteiger charge is -2.22. The molecule has 0 aromatic carbocycles. The fraction of sp³-hybridized carbons (Fsp3) is 0.500. The number of hydrogen-bond donors (Lipinski definition) is 1. The minimum Gasteiger partial charge on any atom is -0.769 e. The minimum absolute atomic E-state index is 0.0840. The molecule has 15 heavy (non-hydrogen) atoms. The van der Waals surface area contributed by atoms with Crippen LogP contribution in [0.1, 0.15) is 13.3 Å². The Morgan fingerprint density at radius 2 is 2.27 bits per heavy atom. The molecule has 1 aliphatic rings. The molecule has 0 aliphatic heterocycles. The van der Waals surface area contributed by atoms with E-state index in [-0.39, 0.29) is 16.5 Å². The lowest BCUT2D eigenvalue weighted by molar-refractivity contribution is -0.421. The monoisotopic (exact) mass is 231 g/mol. The fourth-order valence-corrected chi connectivity index (χ4v) is 2.10. The van der Waals surface area contributed by atoms with E-state index in [0.717, 1.165) is 6.08 Å². The third-order valence-corrected chi connectivity index (χ3v) is 3.18. The third-order valence-electron chi connectivity index (χ3n) is 2.28. The predicted octanol–water partition coefficient (Wildman–Crippen LogP) is 0.497. The van der Waals surface area contributed by atoms with Gasteiger partial charge in [0.15, 0.2) is 0 Å². The van der Waals surface area contributed by atoms with E-state index in [0.29, 0.717) is 12.1 Å². The van der Waals surface area contributed by atoms with Gasteiger partial charge in [0.1, 0.15) is 0 Å². The maximum atomic E-state index is 10.8. The summed E-state index contributed by atoms with van der Waals surface area (Å²) < 4.78 is 21.6. The number of hydrogen-bond acceptors (Lipinski definition) is 5. The molecular weight excluding hydrogens is 220 g/mol. The highest BCUT2D eigenvalue weighted by Crippen LogP contribution is 2.29. The summed E-state index contributed by atoms with van der Waals surface area (Å²) in [6.07, 6.45) is 1.45. The Labute approximate surface area is 89.5 Å². The summed E-state index contributed by atoms with van der Waals surface area (Å²) in [6, 6.07) is 0. The molecule has 0 heterocycles. The van der Waals surface area contributed by atoms with Gasteiger partial charge in [-0.15, -0.1) is 0 Å². The molecule has 1 N–H and O–H groups in total. The van der Waals surface area contributed by atoms with Crippen molar-refractivity contribution in [2.75, 3.05) is 7.05 Å². The van der Waals surface area contributed by atoms with E-state index in [4.69, 9.17) is 0 Å². The van der Waals surface area contributed by atoms with Crippen molar-refractivity contribution < 1.29 is 13.7 Å². The number of nitrogens with one attached hydrogen (secondary N) is 1. The Kier molecular flexibility index (Phi) is 3.59. The Hall–Kier alpha value is -1.21. The highest BCUT2D eigenvalue weighted by molar-refractivity contribution is 7.83. The molecule has 6 nitrogen and oxygen atoms in total. The van der Waals surface area contributed by atoms with Gasteiger partial charge >= 0.3 is 0 Å². The highest BCUT2D eigenvalue weighted by Gasteiger charge is 2.26. The van der Waals surface area contributed by atoms with Gasteiger partial charge in [-0.25, -0.2) is 0 Å². The van der Waals surface area contributed by atoms with Crippen LogP contribution < -0.4 is 5.32 Å². The van der Waals surface area contributed by atoms with Crippen LogP contribution in [0.25, 0.3) is 0 Å². The van der Waals surface area contributed by atoms with Crippen molar-refractivity contribution in [2.24, 2.45) is 5.92 Å². The van der Waals surface area contributed by atoms with E-state index in [1.807, 2.05) is 0 Å². The predicted molar refractivity (Wildman–Crippen MR) is 53.9 cm³/mol. The topological polar surface area (TPSA) is 95.3 Å². The largest absolute Gasteiger partial charge is 0.769 e. The Morgan fingerprint density at radius 3 is 2.67 bits per heavy atom. The van der Waals surface area contributed by atoms with Crippen LogP contribution in [0.3, 0.4) is 0 Å². The lowest BCUT2D eigenvalue weighted by Crippen LogP contribution is -2.22. The highest BCUT2D eigenvalue weighted by atomic mass is 32.2. The summed E-state index contributed by atoms with van der Waals surface area (Å²) in [5.41, 5.74) is 0.288. The van der Waals surface area contributed by atoms with Crippen molar-refractivity contribution in [2.45, 2.75) is 13.3 Å². The van der Waals surface area contributed by atoms with Gasteiger partial charge in [-0.3, -0.25) is 14.3 Å². The second kappa shape index (κ2) is 4.54. The van der Waals surface area contributed by atoms with Gasteiger partial charge in [0.2, 0.25) is 0 Å². The molecule has 84 valence electrons. The summed E-state index contributed by atoms with van der Waals surface area (Å²) in [4.78, 5) is 10.2. The average Bonchev–Trinajstić information content (AvgIpc) is 2.16. The maximum Gasteiger partial charge on any atom is 0.288 e.